The van der Waals surface area contributed by atoms with Crippen molar-refractivity contribution in [1.29, 1.82) is 0 Å². The highest BCUT2D eigenvalue weighted by Crippen LogP contribution is 2.34. The zero-order chi connectivity index (χ0) is 13.0. The van der Waals surface area contributed by atoms with Gasteiger partial charge in [-0.15, -0.1) is 12.4 Å². The van der Waals surface area contributed by atoms with Gasteiger partial charge in [0.05, 0.1) is 26.9 Å². The fourth-order valence-electron chi connectivity index (χ4n) is 1.62. The van der Waals surface area contributed by atoms with Gasteiger partial charge in [0.25, 0.3) is 0 Å². The smallest absolute Gasteiger partial charge is 0.327 e. The Hall–Kier alpha value is -1.46. The van der Waals surface area contributed by atoms with E-state index in [1.807, 2.05) is 6.92 Å². The van der Waals surface area contributed by atoms with Crippen LogP contribution in [-0.4, -0.2) is 27.3 Å². The molecule has 0 bridgehead atoms. The molecule has 0 fully saturated rings. The van der Waals surface area contributed by atoms with Crippen LogP contribution in [0.15, 0.2) is 12.1 Å². The number of halogens is 1. The summed E-state index contributed by atoms with van der Waals surface area (Å²) in [5, 5.41) is 0. The molecule has 0 heterocycles. The second-order valence-electron chi connectivity index (χ2n) is 3.58. The summed E-state index contributed by atoms with van der Waals surface area (Å²) in [7, 11) is 4.32. The van der Waals surface area contributed by atoms with Crippen LogP contribution in [0.3, 0.4) is 0 Å². The number of hydrogen-bond donors (Lipinski definition) is 1. The Morgan fingerprint density at radius 2 is 1.61 bits per heavy atom. The SMILES string of the molecule is COC(=O)[C@@H](N)c1c(OC)cc(C)cc1OC.Cl. The van der Waals surface area contributed by atoms with Crippen LogP contribution in [0.1, 0.15) is 17.2 Å². The lowest BCUT2D eigenvalue weighted by Crippen LogP contribution is -2.24. The first kappa shape index (κ1) is 16.5. The van der Waals surface area contributed by atoms with E-state index in [0.717, 1.165) is 5.56 Å². The molecule has 0 aliphatic heterocycles. The van der Waals surface area contributed by atoms with E-state index < -0.39 is 12.0 Å². The van der Waals surface area contributed by atoms with Gasteiger partial charge in [0.15, 0.2) is 0 Å². The molecule has 1 aromatic carbocycles. The third-order valence-corrected chi connectivity index (χ3v) is 2.45. The van der Waals surface area contributed by atoms with E-state index in [0.29, 0.717) is 17.1 Å². The summed E-state index contributed by atoms with van der Waals surface area (Å²) in [6.07, 6.45) is 0. The number of esters is 1. The Bertz CT molecular complexity index is 398. The molecule has 1 atom stereocenters. The Labute approximate surface area is 113 Å². The molecule has 0 aromatic heterocycles. The first-order valence-corrected chi connectivity index (χ1v) is 5.11. The standard InChI is InChI=1S/C12H17NO4.ClH/c1-7-5-8(15-2)10(9(6-7)16-3)11(13)12(14)17-4;/h5-6,11H,13H2,1-4H3;1H/t11-;/m0./s1. The van der Waals surface area contributed by atoms with Gasteiger partial charge in [-0.25, -0.2) is 4.79 Å². The fourth-order valence-corrected chi connectivity index (χ4v) is 1.62. The van der Waals surface area contributed by atoms with Crippen molar-refractivity contribution >= 4 is 18.4 Å². The van der Waals surface area contributed by atoms with Gasteiger partial charge in [0.1, 0.15) is 17.5 Å². The third-order valence-electron chi connectivity index (χ3n) is 2.45. The summed E-state index contributed by atoms with van der Waals surface area (Å²) in [5.41, 5.74) is 7.27. The van der Waals surface area contributed by atoms with Gasteiger partial charge in [0, 0.05) is 0 Å². The Balaban J connectivity index is 0.00000289. The van der Waals surface area contributed by atoms with Gasteiger partial charge in [-0.05, 0) is 24.6 Å². The van der Waals surface area contributed by atoms with Crippen molar-refractivity contribution in [2.75, 3.05) is 21.3 Å². The van der Waals surface area contributed by atoms with E-state index in [2.05, 4.69) is 4.74 Å². The number of benzene rings is 1. The predicted molar refractivity (Wildman–Crippen MR) is 70.5 cm³/mol. The Morgan fingerprint density at radius 1 is 1.17 bits per heavy atom. The number of rotatable bonds is 4. The van der Waals surface area contributed by atoms with Crippen LogP contribution in [-0.2, 0) is 9.53 Å². The molecule has 5 nitrogen and oxygen atoms in total. The highest BCUT2D eigenvalue weighted by Gasteiger charge is 2.25. The molecular weight excluding hydrogens is 258 g/mol. The van der Waals surface area contributed by atoms with E-state index in [4.69, 9.17) is 15.2 Å². The second-order valence-corrected chi connectivity index (χ2v) is 3.58. The van der Waals surface area contributed by atoms with E-state index in [1.54, 1.807) is 12.1 Å². The normalized spacial score (nSPS) is 11.2. The zero-order valence-electron chi connectivity index (χ0n) is 10.9. The molecule has 0 amide bonds. The first-order chi connectivity index (χ1) is 8.04. The number of ether oxygens (including phenoxy) is 3. The maximum absolute atomic E-state index is 11.5. The quantitative estimate of drug-likeness (QED) is 0.845. The highest BCUT2D eigenvalue weighted by atomic mass is 35.5. The van der Waals surface area contributed by atoms with Crippen LogP contribution in [0.5, 0.6) is 11.5 Å². The highest BCUT2D eigenvalue weighted by molar-refractivity contribution is 5.85. The minimum Gasteiger partial charge on any atom is -0.496 e. The number of carbonyl (C=O) groups excluding carboxylic acids is 1. The summed E-state index contributed by atoms with van der Waals surface area (Å²) in [4.78, 5) is 11.5. The maximum atomic E-state index is 11.5. The molecule has 6 heteroatoms. The van der Waals surface area contributed by atoms with Crippen LogP contribution in [0.4, 0.5) is 0 Å². The Morgan fingerprint density at radius 3 is 1.94 bits per heavy atom. The molecule has 0 aliphatic carbocycles. The predicted octanol–water partition coefficient (Wildman–Crippen LogP) is 1.61. The van der Waals surface area contributed by atoms with Gasteiger partial charge in [-0.1, -0.05) is 0 Å². The van der Waals surface area contributed by atoms with E-state index >= 15 is 0 Å². The average Bonchev–Trinajstić information content (AvgIpc) is 2.35. The van der Waals surface area contributed by atoms with Crippen LogP contribution in [0.2, 0.25) is 0 Å². The maximum Gasteiger partial charge on any atom is 0.327 e. The van der Waals surface area contributed by atoms with E-state index in [1.165, 1.54) is 21.3 Å². The number of nitrogens with two attached hydrogens (primary N) is 1. The molecule has 2 N–H and O–H groups in total. The van der Waals surface area contributed by atoms with Gasteiger partial charge in [-0.2, -0.15) is 0 Å². The van der Waals surface area contributed by atoms with Crippen LogP contribution in [0.25, 0.3) is 0 Å². The summed E-state index contributed by atoms with van der Waals surface area (Å²) in [5.74, 6) is 0.491. The van der Waals surface area contributed by atoms with Crippen molar-refractivity contribution in [2.24, 2.45) is 5.73 Å². The van der Waals surface area contributed by atoms with Crippen molar-refractivity contribution < 1.29 is 19.0 Å². The minimum atomic E-state index is -0.925. The average molecular weight is 276 g/mol. The molecule has 0 saturated carbocycles. The molecule has 0 unspecified atom stereocenters. The zero-order valence-corrected chi connectivity index (χ0v) is 11.7. The van der Waals surface area contributed by atoms with E-state index in [9.17, 15) is 4.79 Å². The first-order valence-electron chi connectivity index (χ1n) is 5.11. The van der Waals surface area contributed by atoms with Crippen molar-refractivity contribution in [3.05, 3.63) is 23.3 Å². The number of aryl methyl sites for hydroxylation is 1. The molecule has 0 aliphatic rings. The Kier molecular flexibility index (Phi) is 6.51. The lowest BCUT2D eigenvalue weighted by molar-refractivity contribution is -0.142. The number of methoxy groups -OCH3 is 3. The second kappa shape index (κ2) is 7.08. The van der Waals surface area contributed by atoms with Gasteiger partial charge in [0.2, 0.25) is 0 Å². The van der Waals surface area contributed by atoms with Crippen LogP contribution in [0, 0.1) is 6.92 Å². The minimum absolute atomic E-state index is 0. The summed E-state index contributed by atoms with van der Waals surface area (Å²) >= 11 is 0. The van der Waals surface area contributed by atoms with Crippen molar-refractivity contribution in [3.8, 4) is 11.5 Å². The topological polar surface area (TPSA) is 70.8 Å². The molecule has 0 spiro atoms. The molecule has 1 rings (SSSR count). The van der Waals surface area contributed by atoms with Gasteiger partial charge >= 0.3 is 5.97 Å². The largest absolute Gasteiger partial charge is 0.496 e. The summed E-state index contributed by atoms with van der Waals surface area (Å²) < 4.78 is 15.1. The van der Waals surface area contributed by atoms with Crippen molar-refractivity contribution in [3.63, 3.8) is 0 Å². The molecule has 18 heavy (non-hydrogen) atoms. The van der Waals surface area contributed by atoms with Gasteiger partial charge in [-0.3, -0.25) is 0 Å². The third kappa shape index (κ3) is 3.27. The van der Waals surface area contributed by atoms with Crippen molar-refractivity contribution in [2.45, 2.75) is 13.0 Å². The lowest BCUT2D eigenvalue weighted by atomic mass is 10.0. The van der Waals surface area contributed by atoms with E-state index in [-0.39, 0.29) is 12.4 Å². The number of carbonyl (C=O) groups is 1. The molecule has 0 saturated heterocycles. The van der Waals surface area contributed by atoms with Crippen LogP contribution < -0.4 is 15.2 Å². The molecule has 0 radical (unpaired) electrons. The monoisotopic (exact) mass is 275 g/mol. The summed E-state index contributed by atoms with van der Waals surface area (Å²) in [6.45, 7) is 1.90. The molecular formula is C12H18ClNO4. The molecule has 1 aromatic rings. The van der Waals surface area contributed by atoms with Crippen LogP contribution >= 0.6 is 12.4 Å². The molecule has 102 valence electrons. The lowest BCUT2D eigenvalue weighted by Gasteiger charge is -2.18. The van der Waals surface area contributed by atoms with Crippen molar-refractivity contribution in [1.82, 2.24) is 0 Å². The summed E-state index contributed by atoms with van der Waals surface area (Å²) in [6, 6.07) is 2.66. The number of hydrogen-bond acceptors (Lipinski definition) is 5. The fraction of sp³-hybridized carbons (Fsp3) is 0.417. The van der Waals surface area contributed by atoms with Gasteiger partial charge < -0.3 is 19.9 Å².